The third-order valence-corrected chi connectivity index (χ3v) is 3.70. The third kappa shape index (κ3) is 5.76. The van der Waals surface area contributed by atoms with Crippen LogP contribution in [0.1, 0.15) is 25.3 Å². The minimum atomic E-state index is -0.315. The van der Waals surface area contributed by atoms with Gasteiger partial charge < -0.3 is 14.8 Å². The normalized spacial score (nSPS) is 10.2. The highest BCUT2D eigenvalue weighted by Crippen LogP contribution is 2.25. The first-order valence-corrected chi connectivity index (χ1v) is 8.37. The van der Waals surface area contributed by atoms with Crippen LogP contribution in [0.25, 0.3) is 0 Å². The summed E-state index contributed by atoms with van der Waals surface area (Å²) in [5.74, 6) is 1.46. The van der Waals surface area contributed by atoms with E-state index < -0.39 is 0 Å². The van der Waals surface area contributed by atoms with Crippen molar-refractivity contribution in [3.8, 4) is 11.5 Å². The summed E-state index contributed by atoms with van der Waals surface area (Å²) >= 11 is 5.14. The Morgan fingerprint density at radius 1 is 1.12 bits per heavy atom. The molecule has 2 N–H and O–H groups in total. The number of anilines is 1. The molecule has 5 nitrogen and oxygen atoms in total. The minimum absolute atomic E-state index is 0.103. The van der Waals surface area contributed by atoms with E-state index in [0.29, 0.717) is 11.7 Å². The first-order chi connectivity index (χ1) is 12.0. The Morgan fingerprint density at radius 2 is 1.80 bits per heavy atom. The van der Waals surface area contributed by atoms with Gasteiger partial charge in [0.25, 0.3) is 5.91 Å². The molecule has 0 bridgehead atoms. The van der Waals surface area contributed by atoms with Crippen LogP contribution in [0.3, 0.4) is 0 Å². The fraction of sp³-hybridized carbons (Fsp3) is 0.263. The van der Waals surface area contributed by atoms with Gasteiger partial charge in [-0.1, -0.05) is 32.0 Å². The van der Waals surface area contributed by atoms with Crippen LogP contribution >= 0.6 is 12.2 Å². The highest BCUT2D eigenvalue weighted by Gasteiger charge is 2.10. The second-order valence-corrected chi connectivity index (χ2v) is 6.12. The van der Waals surface area contributed by atoms with Gasteiger partial charge in [0.1, 0.15) is 11.5 Å². The monoisotopic (exact) mass is 358 g/mol. The number of para-hydroxylation sites is 1. The topological polar surface area (TPSA) is 59.6 Å². The van der Waals surface area contributed by atoms with Crippen LogP contribution < -0.4 is 20.1 Å². The van der Waals surface area contributed by atoms with Crippen LogP contribution in [0, 0.1) is 0 Å². The summed E-state index contributed by atoms with van der Waals surface area (Å²) in [7, 11) is 1.60. The van der Waals surface area contributed by atoms with E-state index in [9.17, 15) is 4.79 Å². The summed E-state index contributed by atoms with van der Waals surface area (Å²) in [5.41, 5.74) is 1.83. The van der Waals surface area contributed by atoms with Gasteiger partial charge in [0, 0.05) is 5.69 Å². The molecule has 0 aromatic heterocycles. The quantitative estimate of drug-likeness (QED) is 0.771. The number of methoxy groups -OCH3 is 1. The number of carbonyl (C=O) groups excluding carboxylic acids is 1. The molecule has 0 radical (unpaired) electrons. The van der Waals surface area contributed by atoms with Crippen molar-refractivity contribution in [2.75, 3.05) is 19.0 Å². The zero-order valence-corrected chi connectivity index (χ0v) is 15.4. The molecule has 0 spiro atoms. The summed E-state index contributed by atoms with van der Waals surface area (Å²) in [6.45, 7) is 4.06. The highest BCUT2D eigenvalue weighted by atomic mass is 32.1. The number of rotatable bonds is 6. The number of hydrogen-bond acceptors (Lipinski definition) is 4. The molecule has 25 heavy (non-hydrogen) atoms. The standard InChI is InChI=1S/C19H22N2O3S/c1-13(2)16-6-4-5-7-17(16)24-12-18(22)21-19(25)20-14-8-10-15(23-3)11-9-14/h4-11,13H,12H2,1-3H3,(H2,20,21,22,25). The molecule has 0 unspecified atom stereocenters. The summed E-state index contributed by atoms with van der Waals surface area (Å²) in [5, 5.41) is 5.76. The summed E-state index contributed by atoms with van der Waals surface area (Å²) in [4.78, 5) is 12.0. The Morgan fingerprint density at radius 3 is 2.44 bits per heavy atom. The molecule has 0 heterocycles. The van der Waals surface area contributed by atoms with Crippen molar-refractivity contribution in [2.45, 2.75) is 19.8 Å². The number of benzene rings is 2. The van der Waals surface area contributed by atoms with Crippen molar-refractivity contribution in [3.05, 3.63) is 54.1 Å². The molecule has 0 aliphatic rings. The lowest BCUT2D eigenvalue weighted by Gasteiger charge is -2.14. The second-order valence-electron chi connectivity index (χ2n) is 5.71. The Bertz CT molecular complexity index is 730. The fourth-order valence-corrected chi connectivity index (χ4v) is 2.46. The van der Waals surface area contributed by atoms with Gasteiger partial charge in [0.15, 0.2) is 11.7 Å². The maximum Gasteiger partial charge on any atom is 0.264 e. The zero-order chi connectivity index (χ0) is 18.2. The molecule has 2 aromatic carbocycles. The van der Waals surface area contributed by atoms with E-state index in [1.165, 1.54) is 0 Å². The van der Waals surface area contributed by atoms with Crippen LogP contribution in [0.2, 0.25) is 0 Å². The molecule has 0 aliphatic heterocycles. The third-order valence-electron chi connectivity index (χ3n) is 3.50. The Hall–Kier alpha value is -2.60. The average Bonchev–Trinajstić information content (AvgIpc) is 2.60. The first kappa shape index (κ1) is 18.7. The molecule has 1 amide bonds. The molecule has 2 aromatic rings. The van der Waals surface area contributed by atoms with Gasteiger partial charge in [-0.05, 0) is 54.0 Å². The molecule has 6 heteroatoms. The molecule has 0 saturated heterocycles. The predicted molar refractivity (Wildman–Crippen MR) is 103 cm³/mol. The van der Waals surface area contributed by atoms with Crippen LogP contribution in [0.15, 0.2) is 48.5 Å². The van der Waals surface area contributed by atoms with E-state index >= 15 is 0 Å². The molecule has 0 atom stereocenters. The van der Waals surface area contributed by atoms with Crippen LogP contribution in [0.4, 0.5) is 5.69 Å². The number of thiocarbonyl (C=S) groups is 1. The molecule has 0 saturated carbocycles. The minimum Gasteiger partial charge on any atom is -0.497 e. The van der Waals surface area contributed by atoms with Crippen LogP contribution in [-0.4, -0.2) is 24.7 Å². The van der Waals surface area contributed by atoms with E-state index in [4.69, 9.17) is 21.7 Å². The maximum absolute atomic E-state index is 12.0. The van der Waals surface area contributed by atoms with Crippen molar-refractivity contribution < 1.29 is 14.3 Å². The summed E-state index contributed by atoms with van der Waals surface area (Å²) in [6, 6.07) is 14.9. The van der Waals surface area contributed by atoms with Gasteiger partial charge in [-0.25, -0.2) is 0 Å². The van der Waals surface area contributed by atoms with Gasteiger partial charge in [0.05, 0.1) is 7.11 Å². The van der Waals surface area contributed by atoms with Gasteiger partial charge in [0.2, 0.25) is 0 Å². The predicted octanol–water partition coefficient (Wildman–Crippen LogP) is 3.71. The van der Waals surface area contributed by atoms with Crippen molar-refractivity contribution in [1.82, 2.24) is 5.32 Å². The van der Waals surface area contributed by atoms with Gasteiger partial charge in [-0.15, -0.1) is 0 Å². The lowest BCUT2D eigenvalue weighted by Crippen LogP contribution is -2.37. The summed E-state index contributed by atoms with van der Waals surface area (Å²) < 4.78 is 10.7. The average molecular weight is 358 g/mol. The van der Waals surface area contributed by atoms with Gasteiger partial charge >= 0.3 is 0 Å². The van der Waals surface area contributed by atoms with E-state index in [0.717, 1.165) is 17.0 Å². The number of amides is 1. The van der Waals surface area contributed by atoms with E-state index in [1.54, 1.807) is 19.2 Å². The highest BCUT2D eigenvalue weighted by molar-refractivity contribution is 7.80. The molecule has 0 fully saturated rings. The number of nitrogens with one attached hydrogen (secondary N) is 2. The van der Waals surface area contributed by atoms with E-state index in [1.807, 2.05) is 36.4 Å². The zero-order valence-electron chi connectivity index (χ0n) is 14.5. The van der Waals surface area contributed by atoms with Gasteiger partial charge in [-0.3, -0.25) is 10.1 Å². The van der Waals surface area contributed by atoms with Crippen molar-refractivity contribution in [1.29, 1.82) is 0 Å². The Labute approximate surface area is 153 Å². The van der Waals surface area contributed by atoms with Gasteiger partial charge in [-0.2, -0.15) is 0 Å². The Balaban J connectivity index is 1.84. The van der Waals surface area contributed by atoms with E-state index in [-0.39, 0.29) is 17.6 Å². The molecule has 2 rings (SSSR count). The first-order valence-electron chi connectivity index (χ1n) is 7.96. The van der Waals surface area contributed by atoms with E-state index in [2.05, 4.69) is 24.5 Å². The van der Waals surface area contributed by atoms with Crippen LogP contribution in [-0.2, 0) is 4.79 Å². The summed E-state index contributed by atoms with van der Waals surface area (Å²) in [6.07, 6.45) is 0. The molecule has 132 valence electrons. The van der Waals surface area contributed by atoms with Crippen molar-refractivity contribution in [2.24, 2.45) is 0 Å². The lowest BCUT2D eigenvalue weighted by molar-refractivity contribution is -0.121. The maximum atomic E-state index is 12.0. The molecular formula is C19H22N2O3S. The lowest BCUT2D eigenvalue weighted by atomic mass is 10.0. The van der Waals surface area contributed by atoms with Crippen molar-refractivity contribution in [3.63, 3.8) is 0 Å². The molecule has 0 aliphatic carbocycles. The second kappa shape index (κ2) is 9.03. The van der Waals surface area contributed by atoms with Crippen molar-refractivity contribution >= 4 is 28.9 Å². The molecular weight excluding hydrogens is 336 g/mol. The largest absolute Gasteiger partial charge is 0.497 e. The SMILES string of the molecule is COc1ccc(NC(=S)NC(=O)COc2ccccc2C(C)C)cc1. The van der Waals surface area contributed by atoms with Crippen LogP contribution in [0.5, 0.6) is 11.5 Å². The number of carbonyl (C=O) groups is 1. The fourth-order valence-electron chi connectivity index (χ4n) is 2.23. The number of hydrogen-bond donors (Lipinski definition) is 2. The smallest absolute Gasteiger partial charge is 0.264 e. The Kier molecular flexibility index (Phi) is 6.77. The number of ether oxygens (including phenoxy) is 2.